The quantitative estimate of drug-likeness (QED) is 0.124. The van der Waals surface area contributed by atoms with Gasteiger partial charge in [0.2, 0.25) is 17.7 Å². The highest BCUT2D eigenvalue weighted by atomic mass is 28.3. The predicted octanol–water partition coefficient (Wildman–Crippen LogP) is 7.22. The molecule has 0 saturated carbocycles. The van der Waals surface area contributed by atoms with Crippen LogP contribution in [0.4, 0.5) is 21.0 Å². The molecule has 3 aromatic rings. The number of benzene rings is 3. The van der Waals surface area contributed by atoms with Crippen molar-refractivity contribution in [3.63, 3.8) is 0 Å². The van der Waals surface area contributed by atoms with Gasteiger partial charge in [0.15, 0.2) is 5.78 Å². The van der Waals surface area contributed by atoms with Crippen molar-refractivity contribution >= 4 is 55.1 Å². The van der Waals surface area contributed by atoms with Gasteiger partial charge in [0.25, 0.3) is 0 Å². The first kappa shape index (κ1) is 51.6. The van der Waals surface area contributed by atoms with Gasteiger partial charge in [-0.25, -0.2) is 9.59 Å². The summed E-state index contributed by atoms with van der Waals surface area (Å²) < 4.78 is 15.2. The standard InChI is InChI=1S/C52H72N6O9Si/c1-34(2)45(54-50(63)65-6)48(61)57-26-10-11-42(57)47(60)53-40-20-16-37(17-21-40)31-56(41-22-18-39(19-23-41)52(3,4)5)30-36-14-12-35(13-15-36)29-44(59)43-32-68(8,9)33-58(43)49(62)46(55-51(64)66-7)38-24-27-67-28-25-38/h12-23,34,38,42-43,45-46H,10-11,24-33H2,1-9H3,(H,53,60)(H,54,63)(H,55,64)/t42-,43-,45-,46-/m0/s1. The fraction of sp³-hybridized carbons (Fsp3) is 0.538. The van der Waals surface area contributed by atoms with E-state index in [9.17, 15) is 28.8 Å². The maximum atomic E-state index is 14.3. The summed E-state index contributed by atoms with van der Waals surface area (Å²) in [5, 5.41) is 8.44. The molecule has 15 nitrogen and oxygen atoms in total. The number of ketones is 1. The first-order valence-corrected chi connectivity index (χ1v) is 27.4. The van der Waals surface area contributed by atoms with E-state index >= 15 is 0 Å². The van der Waals surface area contributed by atoms with E-state index in [0.717, 1.165) is 22.4 Å². The molecule has 3 N–H and O–H groups in total. The minimum Gasteiger partial charge on any atom is -0.453 e. The molecule has 3 aromatic carbocycles. The number of alkyl carbamates (subject to hydrolysis) is 2. The average molecular weight is 953 g/mol. The second kappa shape index (κ2) is 22.6. The van der Waals surface area contributed by atoms with Gasteiger partial charge in [0.05, 0.1) is 28.3 Å². The first-order valence-electron chi connectivity index (χ1n) is 24.0. The molecule has 3 fully saturated rings. The van der Waals surface area contributed by atoms with Crippen molar-refractivity contribution in [2.75, 3.05) is 50.4 Å². The van der Waals surface area contributed by atoms with Gasteiger partial charge in [-0.05, 0) is 95.5 Å². The Morgan fingerprint density at radius 2 is 1.32 bits per heavy atom. The molecular weight excluding hydrogens is 881 g/mol. The van der Waals surface area contributed by atoms with Crippen molar-refractivity contribution in [2.45, 2.75) is 129 Å². The minimum absolute atomic E-state index is 0.00469. The summed E-state index contributed by atoms with van der Waals surface area (Å²) in [6.07, 6.45) is 1.85. The molecule has 6 rings (SSSR count). The Kier molecular flexibility index (Phi) is 17.1. The summed E-state index contributed by atoms with van der Waals surface area (Å²) in [5.41, 5.74) is 5.83. The Morgan fingerprint density at radius 3 is 1.90 bits per heavy atom. The lowest BCUT2D eigenvalue weighted by molar-refractivity contribution is -0.140. The van der Waals surface area contributed by atoms with Crippen LogP contribution in [-0.2, 0) is 58.3 Å². The molecule has 3 saturated heterocycles. The van der Waals surface area contributed by atoms with E-state index in [1.165, 1.54) is 19.8 Å². The van der Waals surface area contributed by atoms with Crippen molar-refractivity contribution < 1.29 is 43.0 Å². The van der Waals surface area contributed by atoms with Crippen LogP contribution in [0.2, 0.25) is 19.1 Å². The van der Waals surface area contributed by atoms with E-state index in [1.54, 1.807) is 9.80 Å². The van der Waals surface area contributed by atoms with E-state index in [2.05, 4.69) is 91.1 Å². The average Bonchev–Trinajstić information content (AvgIpc) is 3.95. The molecule has 0 aliphatic carbocycles. The summed E-state index contributed by atoms with van der Waals surface area (Å²) >= 11 is 0. The highest BCUT2D eigenvalue weighted by Gasteiger charge is 2.47. The second-order valence-corrected chi connectivity index (χ2v) is 25.8. The van der Waals surface area contributed by atoms with E-state index in [0.29, 0.717) is 76.4 Å². The van der Waals surface area contributed by atoms with Crippen LogP contribution in [0.3, 0.4) is 0 Å². The van der Waals surface area contributed by atoms with Crippen LogP contribution in [-0.4, -0.2) is 118 Å². The Hall–Kier alpha value is -5.74. The normalized spacial score (nSPS) is 19.2. The summed E-state index contributed by atoms with van der Waals surface area (Å²) in [6.45, 7) is 17.3. The number of methoxy groups -OCH3 is 2. The SMILES string of the molecule is COC(=O)N[C@H](C(=O)N1CCC[C@H]1C(=O)Nc1ccc(CN(Cc2ccc(CC(=O)[C@@H]3C[Si](C)(C)CN3C(=O)[C@@H](NC(=O)OC)C3CCOCC3)cc2)c2ccc(C(C)(C)C)cc2)cc1)C(C)C. The van der Waals surface area contributed by atoms with E-state index in [4.69, 9.17) is 14.2 Å². The van der Waals surface area contributed by atoms with Gasteiger partial charge in [0, 0.05) is 56.8 Å². The number of nitrogens with one attached hydrogen (secondary N) is 3. The molecule has 0 bridgehead atoms. The molecule has 368 valence electrons. The third-order valence-corrected chi connectivity index (χ3v) is 16.2. The zero-order chi connectivity index (χ0) is 49.3. The van der Waals surface area contributed by atoms with Crippen molar-refractivity contribution in [1.29, 1.82) is 0 Å². The molecule has 3 aliphatic heterocycles. The monoisotopic (exact) mass is 953 g/mol. The molecule has 3 heterocycles. The van der Waals surface area contributed by atoms with Crippen molar-refractivity contribution in [3.8, 4) is 0 Å². The van der Waals surface area contributed by atoms with Gasteiger partial charge < -0.3 is 44.9 Å². The number of Topliss-reactive ketones (excluding diaryl/α,β-unsaturated/α-hetero) is 1. The lowest BCUT2D eigenvalue weighted by Crippen LogP contribution is -2.56. The molecule has 0 aromatic heterocycles. The number of carbonyl (C=O) groups is 6. The Bertz CT molecular complexity index is 2240. The third kappa shape index (κ3) is 13.3. The van der Waals surface area contributed by atoms with Crippen LogP contribution in [0.15, 0.2) is 72.8 Å². The van der Waals surface area contributed by atoms with Crippen LogP contribution in [0.5, 0.6) is 0 Å². The molecule has 0 unspecified atom stereocenters. The van der Waals surface area contributed by atoms with E-state index < -0.39 is 44.4 Å². The van der Waals surface area contributed by atoms with Crippen molar-refractivity contribution in [1.82, 2.24) is 20.4 Å². The summed E-state index contributed by atoms with van der Waals surface area (Å²) in [5.74, 6) is -1.12. The molecular formula is C52H72N6O9Si. The van der Waals surface area contributed by atoms with Gasteiger partial charge in [0.1, 0.15) is 18.1 Å². The third-order valence-electron chi connectivity index (χ3n) is 13.5. The van der Waals surface area contributed by atoms with Crippen molar-refractivity contribution in [2.24, 2.45) is 11.8 Å². The first-order chi connectivity index (χ1) is 32.3. The lowest BCUT2D eigenvalue weighted by atomic mass is 9.87. The Balaban J connectivity index is 1.14. The van der Waals surface area contributed by atoms with Gasteiger partial charge in [-0.2, -0.15) is 0 Å². The Morgan fingerprint density at radius 1 is 0.750 bits per heavy atom. The number of amides is 5. The fourth-order valence-electron chi connectivity index (χ4n) is 9.62. The number of rotatable bonds is 16. The molecule has 5 amide bonds. The number of hydrogen-bond acceptors (Lipinski definition) is 10. The number of likely N-dealkylation sites (tertiary alicyclic amines) is 1. The van der Waals surface area contributed by atoms with Gasteiger partial charge in [-0.3, -0.25) is 19.2 Å². The van der Waals surface area contributed by atoms with Crippen molar-refractivity contribution in [3.05, 3.63) is 95.1 Å². The van der Waals surface area contributed by atoms with Gasteiger partial charge >= 0.3 is 12.2 Å². The van der Waals surface area contributed by atoms with E-state index in [-0.39, 0.29) is 47.2 Å². The predicted molar refractivity (Wildman–Crippen MR) is 265 cm³/mol. The molecule has 0 spiro atoms. The van der Waals surface area contributed by atoms with Crippen LogP contribution in [0, 0.1) is 11.8 Å². The van der Waals surface area contributed by atoms with Gasteiger partial charge in [-0.1, -0.05) is 96.2 Å². The fourth-order valence-corrected chi connectivity index (χ4v) is 12.5. The highest BCUT2D eigenvalue weighted by molar-refractivity contribution is 6.79. The summed E-state index contributed by atoms with van der Waals surface area (Å²) in [4.78, 5) is 85.6. The maximum absolute atomic E-state index is 14.3. The number of carbonyl (C=O) groups excluding carboxylic acids is 6. The van der Waals surface area contributed by atoms with Crippen LogP contribution in [0.25, 0.3) is 0 Å². The maximum Gasteiger partial charge on any atom is 0.407 e. The lowest BCUT2D eigenvalue weighted by Gasteiger charge is -2.34. The molecule has 68 heavy (non-hydrogen) atoms. The van der Waals surface area contributed by atoms with Gasteiger partial charge in [-0.15, -0.1) is 0 Å². The molecule has 16 heteroatoms. The zero-order valence-corrected chi connectivity index (χ0v) is 42.4. The molecule has 3 aliphatic rings. The number of anilines is 2. The number of hydrogen-bond donors (Lipinski definition) is 3. The summed E-state index contributed by atoms with van der Waals surface area (Å²) in [7, 11) is 0.606. The number of ether oxygens (including phenoxy) is 3. The zero-order valence-electron chi connectivity index (χ0n) is 41.4. The topological polar surface area (TPSA) is 176 Å². The van der Waals surface area contributed by atoms with Crippen LogP contribution >= 0.6 is 0 Å². The molecule has 4 atom stereocenters. The molecule has 0 radical (unpaired) electrons. The summed E-state index contributed by atoms with van der Waals surface area (Å²) in [6, 6.07) is 22.3. The Labute approximate surface area is 403 Å². The van der Waals surface area contributed by atoms with Crippen LogP contribution < -0.4 is 20.9 Å². The van der Waals surface area contributed by atoms with Crippen LogP contribution in [0.1, 0.15) is 82.6 Å². The van der Waals surface area contributed by atoms with E-state index in [1.807, 2.05) is 50.2 Å². The minimum atomic E-state index is -1.93. The highest BCUT2D eigenvalue weighted by Crippen LogP contribution is 2.32. The largest absolute Gasteiger partial charge is 0.453 e. The second-order valence-electron chi connectivity index (χ2n) is 20.8. The number of nitrogens with zero attached hydrogens (tertiary/aromatic N) is 3. The smallest absolute Gasteiger partial charge is 0.407 e.